The number of rotatable bonds is 50. The van der Waals surface area contributed by atoms with Crippen molar-refractivity contribution in [2.45, 2.75) is 328 Å². The Balaban J connectivity index is 4.39. The van der Waals surface area contributed by atoms with E-state index in [2.05, 4.69) is 26.1 Å². The molecule has 60 heavy (non-hydrogen) atoms. The molecule has 0 aromatic heterocycles. The Morgan fingerprint density at radius 2 is 0.700 bits per heavy atom. The molecule has 0 spiro atoms. The van der Waals surface area contributed by atoms with Gasteiger partial charge in [-0.1, -0.05) is 271 Å². The predicted molar refractivity (Wildman–Crippen MR) is 260 cm³/mol. The molecule has 6 nitrogen and oxygen atoms in total. The second-order valence-electron chi connectivity index (χ2n) is 19.0. The van der Waals surface area contributed by atoms with Gasteiger partial charge in [0.2, 0.25) is 5.91 Å². The molecule has 0 aliphatic rings. The third-order valence-electron chi connectivity index (χ3n) is 12.9. The molecule has 0 bridgehead atoms. The highest BCUT2D eigenvalue weighted by Crippen LogP contribution is 2.19. The molecule has 0 saturated heterocycles. The predicted octanol–water partition coefficient (Wildman–Crippen LogP) is 16.4. The second kappa shape index (κ2) is 48.9. The molecule has 0 aromatic carbocycles. The van der Waals surface area contributed by atoms with E-state index in [4.69, 9.17) is 4.74 Å². The molecule has 3 unspecified atom stereocenters. The second-order valence-corrected chi connectivity index (χ2v) is 19.0. The number of aliphatic hydroxyl groups is 2. The zero-order valence-electron chi connectivity index (χ0n) is 40.9. The maximum Gasteiger partial charge on any atom is 0.306 e. The summed E-state index contributed by atoms with van der Waals surface area (Å²) in [4.78, 5) is 26.1. The first-order valence-corrected chi connectivity index (χ1v) is 27.3. The van der Waals surface area contributed by atoms with Gasteiger partial charge in [0.1, 0.15) is 6.10 Å². The van der Waals surface area contributed by atoms with E-state index >= 15 is 0 Å². The Bertz CT molecular complexity index is 867. The van der Waals surface area contributed by atoms with E-state index in [9.17, 15) is 19.8 Å². The first kappa shape index (κ1) is 58.9. The van der Waals surface area contributed by atoms with Crippen LogP contribution in [0.4, 0.5) is 0 Å². The fourth-order valence-corrected chi connectivity index (χ4v) is 8.79. The molecule has 1 amide bonds. The van der Waals surface area contributed by atoms with Crippen molar-refractivity contribution in [1.29, 1.82) is 0 Å². The molecule has 6 heteroatoms. The number of carbonyl (C=O) groups is 2. The van der Waals surface area contributed by atoms with Gasteiger partial charge in [0.05, 0.1) is 25.2 Å². The Morgan fingerprint density at radius 3 is 1.02 bits per heavy atom. The van der Waals surface area contributed by atoms with Gasteiger partial charge in [0, 0.05) is 6.42 Å². The van der Waals surface area contributed by atoms with Crippen LogP contribution in [0.1, 0.15) is 310 Å². The smallest absolute Gasteiger partial charge is 0.306 e. The molecular weight excluding hydrogens is 743 g/mol. The van der Waals surface area contributed by atoms with Crippen LogP contribution in [0.5, 0.6) is 0 Å². The zero-order chi connectivity index (χ0) is 43.8. The highest BCUT2D eigenvalue weighted by molar-refractivity contribution is 5.77. The normalized spacial score (nSPS) is 13.1. The minimum Gasteiger partial charge on any atom is -0.462 e. The minimum atomic E-state index is -0.779. The Morgan fingerprint density at radius 1 is 0.417 bits per heavy atom. The molecule has 0 heterocycles. The Labute approximate surface area is 375 Å². The van der Waals surface area contributed by atoms with Crippen LogP contribution >= 0.6 is 0 Å². The van der Waals surface area contributed by atoms with Crippen molar-refractivity contribution in [2.75, 3.05) is 6.61 Å². The number of amides is 1. The molecule has 0 aromatic rings. The van der Waals surface area contributed by atoms with E-state index in [1.165, 1.54) is 225 Å². The van der Waals surface area contributed by atoms with Crippen LogP contribution in [0.2, 0.25) is 0 Å². The first-order chi connectivity index (χ1) is 29.5. The van der Waals surface area contributed by atoms with Crippen molar-refractivity contribution < 1.29 is 24.5 Å². The lowest BCUT2D eigenvalue weighted by atomic mass is 10.0. The third-order valence-corrected chi connectivity index (χ3v) is 12.9. The first-order valence-electron chi connectivity index (χ1n) is 27.3. The standard InChI is InChI=1S/C54H107NO5/c1-4-7-10-13-16-19-22-24-26-27-28-29-31-34-37-40-43-46-52(57)51(49-56)55-53(58)48-50(45-42-39-36-33-21-18-15-12-9-6-3)60-54(59)47-44-41-38-35-32-30-25-23-20-17-14-11-8-5-2/h50-52,56-57H,4-49H2,1-3H3,(H,55,58). The lowest BCUT2D eigenvalue weighted by Gasteiger charge is -2.24. The molecule has 0 radical (unpaired) electrons. The van der Waals surface area contributed by atoms with Gasteiger partial charge < -0.3 is 20.3 Å². The lowest BCUT2D eigenvalue weighted by molar-refractivity contribution is -0.151. The van der Waals surface area contributed by atoms with Crippen LogP contribution in [-0.2, 0) is 14.3 Å². The van der Waals surface area contributed by atoms with Gasteiger partial charge in [-0.15, -0.1) is 0 Å². The van der Waals surface area contributed by atoms with Crippen molar-refractivity contribution >= 4 is 11.9 Å². The van der Waals surface area contributed by atoms with E-state index in [1.54, 1.807) is 0 Å². The maximum absolute atomic E-state index is 13.2. The summed E-state index contributed by atoms with van der Waals surface area (Å²) < 4.78 is 5.93. The lowest BCUT2D eigenvalue weighted by Crippen LogP contribution is -2.46. The van der Waals surface area contributed by atoms with Gasteiger partial charge in [0.25, 0.3) is 0 Å². The summed E-state index contributed by atoms with van der Waals surface area (Å²) in [5.74, 6) is -0.451. The molecule has 0 rings (SSSR count). The number of esters is 1. The Kier molecular flexibility index (Phi) is 48.0. The number of nitrogens with one attached hydrogen (secondary N) is 1. The van der Waals surface area contributed by atoms with E-state index in [1.807, 2.05) is 0 Å². The van der Waals surface area contributed by atoms with E-state index in [0.29, 0.717) is 19.3 Å². The van der Waals surface area contributed by atoms with Crippen molar-refractivity contribution in [1.82, 2.24) is 5.32 Å². The number of unbranched alkanes of at least 4 members (excludes halogenated alkanes) is 38. The molecule has 3 N–H and O–H groups in total. The number of hydrogen-bond acceptors (Lipinski definition) is 5. The van der Waals surface area contributed by atoms with Gasteiger partial charge >= 0.3 is 5.97 Å². The van der Waals surface area contributed by atoms with Crippen LogP contribution in [0.15, 0.2) is 0 Å². The molecule has 358 valence electrons. The fraction of sp³-hybridized carbons (Fsp3) is 0.963. The fourth-order valence-electron chi connectivity index (χ4n) is 8.79. The van der Waals surface area contributed by atoms with E-state index in [-0.39, 0.29) is 24.9 Å². The number of hydrogen-bond donors (Lipinski definition) is 3. The monoisotopic (exact) mass is 850 g/mol. The number of aliphatic hydroxyl groups excluding tert-OH is 2. The van der Waals surface area contributed by atoms with Crippen molar-refractivity contribution in [3.05, 3.63) is 0 Å². The van der Waals surface area contributed by atoms with Gasteiger partial charge in [0.15, 0.2) is 0 Å². The molecular formula is C54H107NO5. The summed E-state index contributed by atoms with van der Waals surface area (Å²) in [6.45, 7) is 6.51. The summed E-state index contributed by atoms with van der Waals surface area (Å²) in [5, 5.41) is 23.8. The van der Waals surface area contributed by atoms with Crippen molar-refractivity contribution in [2.24, 2.45) is 0 Å². The average Bonchev–Trinajstić information content (AvgIpc) is 3.24. The number of ether oxygens (including phenoxy) is 1. The summed E-state index contributed by atoms with van der Waals surface area (Å²) in [6, 6.07) is -0.692. The zero-order valence-corrected chi connectivity index (χ0v) is 40.9. The SMILES string of the molecule is CCCCCCCCCCCCCCCCCCCC(O)C(CO)NC(=O)CC(CCCCCCCCCCCC)OC(=O)CCCCCCCCCCCCCCCC. The highest BCUT2D eigenvalue weighted by atomic mass is 16.5. The van der Waals surface area contributed by atoms with Crippen LogP contribution in [-0.4, -0.2) is 46.9 Å². The summed E-state index contributed by atoms with van der Waals surface area (Å²) >= 11 is 0. The van der Waals surface area contributed by atoms with Crippen molar-refractivity contribution in [3.8, 4) is 0 Å². The van der Waals surface area contributed by atoms with Gasteiger partial charge in [-0.3, -0.25) is 9.59 Å². The van der Waals surface area contributed by atoms with Gasteiger partial charge in [-0.05, 0) is 25.7 Å². The van der Waals surface area contributed by atoms with Crippen LogP contribution in [0.25, 0.3) is 0 Å². The van der Waals surface area contributed by atoms with Crippen LogP contribution in [0.3, 0.4) is 0 Å². The van der Waals surface area contributed by atoms with Gasteiger partial charge in [-0.2, -0.15) is 0 Å². The molecule has 0 fully saturated rings. The van der Waals surface area contributed by atoms with Crippen molar-refractivity contribution in [3.63, 3.8) is 0 Å². The molecule has 0 aliphatic carbocycles. The van der Waals surface area contributed by atoms with E-state index in [0.717, 1.165) is 38.5 Å². The summed E-state index contributed by atoms with van der Waals surface area (Å²) in [5.41, 5.74) is 0. The maximum atomic E-state index is 13.2. The van der Waals surface area contributed by atoms with E-state index < -0.39 is 18.2 Å². The van der Waals surface area contributed by atoms with Crippen LogP contribution < -0.4 is 5.32 Å². The average molecular weight is 850 g/mol. The third kappa shape index (κ3) is 43.5. The highest BCUT2D eigenvalue weighted by Gasteiger charge is 2.24. The quantitative estimate of drug-likeness (QED) is 0.0419. The topological polar surface area (TPSA) is 95.9 Å². The Hall–Kier alpha value is -1.14. The minimum absolute atomic E-state index is 0.0876. The molecule has 0 aliphatic heterocycles. The molecule has 3 atom stereocenters. The largest absolute Gasteiger partial charge is 0.462 e. The summed E-state index contributed by atoms with van der Waals surface area (Å²) in [6.07, 6.45) is 53.1. The summed E-state index contributed by atoms with van der Waals surface area (Å²) in [7, 11) is 0. The number of carbonyl (C=O) groups excluding carboxylic acids is 2. The molecule has 0 saturated carbocycles. The van der Waals surface area contributed by atoms with Crippen LogP contribution in [0, 0.1) is 0 Å². The van der Waals surface area contributed by atoms with Gasteiger partial charge in [-0.25, -0.2) is 0 Å².